The fraction of sp³-hybridized carbons (Fsp3) is 0.538. The molecule has 0 atom stereocenters. The van der Waals surface area contributed by atoms with Crippen molar-refractivity contribution in [3.63, 3.8) is 0 Å². The maximum atomic E-state index is 11.1. The van der Waals surface area contributed by atoms with Crippen LogP contribution in [0.5, 0.6) is 0 Å². The van der Waals surface area contributed by atoms with E-state index in [1.807, 2.05) is 0 Å². The maximum Gasteiger partial charge on any atom is 4.00 e. The molecule has 4 radical (unpaired) electrons. The fourth-order valence-corrected chi connectivity index (χ4v) is 3.94. The van der Waals surface area contributed by atoms with E-state index in [4.69, 9.17) is 5.73 Å². The molecular weight excluding hydrogens is 418 g/mol. The molecule has 0 unspecified atom stereocenters. The SMILES string of the molecule is Cc1[cH-]c2ccccc2c1C.[CH3-].[CH3-].[NH-]C(=O)C1CCCCCCCCCCC1.[Si].[Ti+4]. The van der Waals surface area contributed by atoms with Crippen molar-refractivity contribution >= 4 is 27.6 Å². The Kier molecular flexibility index (Phi) is 21.4. The van der Waals surface area contributed by atoms with Crippen LogP contribution in [0.3, 0.4) is 0 Å². The van der Waals surface area contributed by atoms with Crippen LogP contribution in [0.2, 0.25) is 0 Å². The molecule has 1 aliphatic carbocycles. The predicted molar refractivity (Wildman–Crippen MR) is 131 cm³/mol. The van der Waals surface area contributed by atoms with E-state index in [0.717, 1.165) is 25.7 Å². The van der Waals surface area contributed by atoms with Gasteiger partial charge in [-0.3, -0.25) is 0 Å². The molecule has 1 aliphatic rings. The van der Waals surface area contributed by atoms with Crippen LogP contribution in [0, 0.1) is 34.6 Å². The van der Waals surface area contributed by atoms with Gasteiger partial charge in [-0.2, -0.15) is 5.56 Å². The van der Waals surface area contributed by atoms with E-state index in [0.29, 0.717) is 0 Å². The van der Waals surface area contributed by atoms with E-state index in [-0.39, 0.29) is 59.4 Å². The number of benzene rings is 1. The zero-order valence-electron chi connectivity index (χ0n) is 19.7. The largest absolute Gasteiger partial charge is 4.00 e. The summed E-state index contributed by atoms with van der Waals surface area (Å²) in [6.45, 7) is 4.34. The first-order valence-electron chi connectivity index (χ1n) is 10.5. The molecule has 0 aliphatic heterocycles. The third kappa shape index (κ3) is 11.6. The van der Waals surface area contributed by atoms with Gasteiger partial charge in [-0.25, -0.2) is 0 Å². The van der Waals surface area contributed by atoms with Gasteiger partial charge in [0, 0.05) is 16.9 Å². The first-order chi connectivity index (χ1) is 12.6. The van der Waals surface area contributed by atoms with Gasteiger partial charge in [0.05, 0.1) is 5.91 Å². The van der Waals surface area contributed by atoms with Gasteiger partial charge in [0.25, 0.3) is 0 Å². The predicted octanol–water partition coefficient (Wildman–Crippen LogP) is 8.18. The zero-order valence-corrected chi connectivity index (χ0v) is 22.2. The molecule has 1 amide bonds. The number of rotatable bonds is 1. The minimum atomic E-state index is -0.327. The van der Waals surface area contributed by atoms with Gasteiger partial charge in [-0.15, -0.1) is 40.6 Å². The van der Waals surface area contributed by atoms with Crippen molar-refractivity contribution in [2.24, 2.45) is 5.92 Å². The molecule has 0 aromatic heterocycles. The number of carbonyl (C=O) groups is 1. The van der Waals surface area contributed by atoms with E-state index >= 15 is 0 Å². The molecule has 0 bridgehead atoms. The van der Waals surface area contributed by atoms with Crippen LogP contribution in [-0.2, 0) is 26.5 Å². The molecule has 4 heteroatoms. The van der Waals surface area contributed by atoms with Gasteiger partial charge < -0.3 is 25.4 Å². The Labute approximate surface area is 206 Å². The van der Waals surface area contributed by atoms with Gasteiger partial charge >= 0.3 is 21.7 Å². The van der Waals surface area contributed by atoms with Crippen LogP contribution in [-0.4, -0.2) is 16.9 Å². The summed E-state index contributed by atoms with van der Waals surface area (Å²) in [5, 5.41) is 2.76. The van der Waals surface area contributed by atoms with Gasteiger partial charge in [0.1, 0.15) is 0 Å². The number of hydrogen-bond acceptors (Lipinski definition) is 1. The van der Waals surface area contributed by atoms with Gasteiger partial charge in [-0.05, 0) is 12.8 Å². The molecule has 1 saturated carbocycles. The van der Waals surface area contributed by atoms with Crippen molar-refractivity contribution in [1.29, 1.82) is 0 Å². The van der Waals surface area contributed by atoms with Gasteiger partial charge in [0.2, 0.25) is 0 Å². The molecule has 1 N–H and O–H groups in total. The quantitative estimate of drug-likeness (QED) is 0.313. The number of carbonyl (C=O) groups excluding carboxylic acids is 1. The average Bonchev–Trinajstić information content (AvgIpc) is 2.90. The third-order valence-corrected chi connectivity index (χ3v) is 5.80. The molecule has 2 aromatic carbocycles. The topological polar surface area (TPSA) is 40.9 Å². The normalized spacial score (nSPS) is 15.3. The molecule has 2 aromatic rings. The summed E-state index contributed by atoms with van der Waals surface area (Å²) < 4.78 is 0. The maximum absolute atomic E-state index is 11.1. The number of amides is 1. The smallest absolute Gasteiger partial charge is 0.668 e. The third-order valence-electron chi connectivity index (χ3n) is 5.80. The summed E-state index contributed by atoms with van der Waals surface area (Å²) in [6.07, 6.45) is 13.5. The summed E-state index contributed by atoms with van der Waals surface area (Å²) in [5.41, 5.74) is 10.0. The van der Waals surface area contributed by atoms with Crippen molar-refractivity contribution < 1.29 is 26.5 Å². The monoisotopic (exact) mass is 459 g/mol. The molecule has 30 heavy (non-hydrogen) atoms. The van der Waals surface area contributed by atoms with E-state index < -0.39 is 0 Å². The Morgan fingerprint density at radius 1 is 0.867 bits per heavy atom. The minimum Gasteiger partial charge on any atom is -0.668 e. The van der Waals surface area contributed by atoms with Crippen molar-refractivity contribution in [3.05, 3.63) is 62.0 Å². The Morgan fingerprint density at radius 2 is 1.30 bits per heavy atom. The van der Waals surface area contributed by atoms with E-state index in [1.165, 1.54) is 66.8 Å². The zero-order chi connectivity index (χ0) is 18.8. The van der Waals surface area contributed by atoms with Crippen LogP contribution in [0.1, 0.15) is 81.8 Å². The summed E-state index contributed by atoms with van der Waals surface area (Å²) in [6, 6.07) is 10.8. The molecule has 0 saturated heterocycles. The summed E-state index contributed by atoms with van der Waals surface area (Å²) in [7, 11) is 0. The van der Waals surface area contributed by atoms with Crippen LogP contribution in [0.4, 0.5) is 0 Å². The van der Waals surface area contributed by atoms with Crippen LogP contribution in [0.15, 0.2) is 30.3 Å². The minimum absolute atomic E-state index is 0. The number of fused-ring (bicyclic) bond motifs is 1. The van der Waals surface area contributed by atoms with Crippen molar-refractivity contribution in [2.45, 2.75) is 84.5 Å². The molecule has 0 spiro atoms. The van der Waals surface area contributed by atoms with E-state index in [1.54, 1.807) is 0 Å². The van der Waals surface area contributed by atoms with Gasteiger partial charge in [0.15, 0.2) is 0 Å². The Hall–Kier alpha value is -0.769. The second-order valence-electron chi connectivity index (χ2n) is 7.86. The van der Waals surface area contributed by atoms with Crippen molar-refractivity contribution in [1.82, 2.24) is 0 Å². The summed E-state index contributed by atoms with van der Waals surface area (Å²) in [4.78, 5) is 11.1. The summed E-state index contributed by atoms with van der Waals surface area (Å²) in [5.74, 6) is -0.281. The average molecular weight is 460 g/mol. The molecule has 0 heterocycles. The Balaban J connectivity index is -0.000000441. The number of aryl methyl sites for hydroxylation is 2. The van der Waals surface area contributed by atoms with Crippen LogP contribution >= 0.6 is 0 Å². The fourth-order valence-electron chi connectivity index (χ4n) is 3.94. The van der Waals surface area contributed by atoms with E-state index in [9.17, 15) is 4.79 Å². The van der Waals surface area contributed by atoms with Crippen molar-refractivity contribution in [2.75, 3.05) is 0 Å². The van der Waals surface area contributed by atoms with E-state index in [2.05, 4.69) is 44.2 Å². The van der Waals surface area contributed by atoms with Crippen LogP contribution < -0.4 is 0 Å². The number of hydrogen-bond donors (Lipinski definition) is 0. The Bertz CT molecular complexity index is 671. The first-order valence-corrected chi connectivity index (χ1v) is 10.5. The van der Waals surface area contributed by atoms with Gasteiger partial charge in [-0.1, -0.05) is 77.7 Å². The van der Waals surface area contributed by atoms with Crippen LogP contribution in [0.25, 0.3) is 16.5 Å². The van der Waals surface area contributed by atoms with Crippen molar-refractivity contribution in [3.8, 4) is 0 Å². The molecule has 1 fully saturated rings. The molecule has 164 valence electrons. The Morgan fingerprint density at radius 3 is 1.73 bits per heavy atom. The second-order valence-corrected chi connectivity index (χ2v) is 7.86. The number of nitrogens with one attached hydrogen (secondary N) is 1. The summed E-state index contributed by atoms with van der Waals surface area (Å²) >= 11 is 0. The first kappa shape index (κ1) is 33.9. The second kappa shape index (κ2) is 19.0. The standard InChI is InChI=1S/C13H25NO.C11H11.2CH3.Si.Ti/c14-13(15)12-10-8-6-4-2-1-3-5-7-9-11-12;1-8-7-10-5-3-4-6-11(10)9(8)2;;;;/h12H,1-11H2,(H2,14,15);3-7H,1-2H3;2*1H3;;/q;3*-1;;+4/p-1. The molecule has 2 nitrogen and oxygen atoms in total. The molecular formula is C26H41NOSiTi. The molecule has 3 rings (SSSR count).